The van der Waals surface area contributed by atoms with Gasteiger partial charge in [0, 0.05) is 23.7 Å². The van der Waals surface area contributed by atoms with Crippen LogP contribution in [0.25, 0.3) is 0 Å². The third-order valence-electron chi connectivity index (χ3n) is 4.50. The lowest BCUT2D eigenvalue weighted by Gasteiger charge is -2.34. The highest BCUT2D eigenvalue weighted by molar-refractivity contribution is 6.08. The number of hydrogen-bond donors (Lipinski definition) is 0. The summed E-state index contributed by atoms with van der Waals surface area (Å²) >= 11 is 0. The molecule has 1 aliphatic heterocycles. The summed E-state index contributed by atoms with van der Waals surface area (Å²) in [5.41, 5.74) is 3.46. The molecule has 0 aliphatic carbocycles. The first-order valence-electron chi connectivity index (χ1n) is 7.95. The number of halogens is 1. The molecule has 1 aliphatic rings. The van der Waals surface area contributed by atoms with E-state index in [4.69, 9.17) is 0 Å². The molecule has 0 radical (unpaired) electrons. The first-order valence-corrected chi connectivity index (χ1v) is 7.95. The van der Waals surface area contributed by atoms with Crippen LogP contribution in [-0.4, -0.2) is 12.5 Å². The van der Waals surface area contributed by atoms with E-state index in [1.165, 1.54) is 12.1 Å². The minimum absolute atomic E-state index is 0.0726. The number of rotatable bonds is 2. The number of carbonyl (C=O) groups is 1. The molecule has 0 bridgehead atoms. The quantitative estimate of drug-likeness (QED) is 0.675. The fourth-order valence-corrected chi connectivity index (χ4v) is 3.34. The average Bonchev–Trinajstić information content (AvgIpc) is 2.63. The van der Waals surface area contributed by atoms with E-state index in [1.807, 2.05) is 42.5 Å². The van der Waals surface area contributed by atoms with Gasteiger partial charge in [0.2, 0.25) is 0 Å². The molecule has 0 saturated heterocycles. The number of carbonyl (C=O) groups excluding carboxylic acids is 1. The summed E-state index contributed by atoms with van der Waals surface area (Å²) < 4.78 is 13.6. The Hall–Kier alpha value is -2.94. The van der Waals surface area contributed by atoms with E-state index < -0.39 is 0 Å². The highest BCUT2D eigenvalue weighted by Gasteiger charge is 2.32. The Morgan fingerprint density at radius 3 is 2.42 bits per heavy atom. The van der Waals surface area contributed by atoms with Crippen LogP contribution in [0.2, 0.25) is 0 Å². The average molecular weight is 317 g/mol. The molecular formula is C21H16FNO. The predicted octanol–water partition coefficient (Wildman–Crippen LogP) is 4.62. The Morgan fingerprint density at radius 1 is 0.875 bits per heavy atom. The van der Waals surface area contributed by atoms with E-state index in [9.17, 15) is 9.18 Å². The van der Waals surface area contributed by atoms with Gasteiger partial charge < -0.3 is 4.90 Å². The summed E-state index contributed by atoms with van der Waals surface area (Å²) in [6.45, 7) is 0.503. The molecule has 0 N–H and O–H groups in total. The van der Waals surface area contributed by atoms with Crippen LogP contribution in [0.15, 0.2) is 78.9 Å². The van der Waals surface area contributed by atoms with E-state index in [0.29, 0.717) is 17.8 Å². The number of hydrogen-bond acceptors (Lipinski definition) is 1. The second-order valence-electron chi connectivity index (χ2n) is 5.95. The Kier molecular flexibility index (Phi) is 3.62. The van der Waals surface area contributed by atoms with Crippen molar-refractivity contribution >= 4 is 11.6 Å². The molecule has 1 unspecified atom stereocenters. The number of amides is 1. The zero-order valence-electron chi connectivity index (χ0n) is 13.0. The molecule has 0 saturated carbocycles. The van der Waals surface area contributed by atoms with Gasteiger partial charge in [-0.25, -0.2) is 4.39 Å². The fraction of sp³-hybridized carbons (Fsp3) is 0.0952. The fourth-order valence-electron chi connectivity index (χ4n) is 3.34. The van der Waals surface area contributed by atoms with Gasteiger partial charge in [0.1, 0.15) is 5.82 Å². The van der Waals surface area contributed by atoms with E-state index >= 15 is 0 Å². The summed E-state index contributed by atoms with van der Waals surface area (Å²) in [4.78, 5) is 14.6. The van der Waals surface area contributed by atoms with Gasteiger partial charge in [-0.3, -0.25) is 4.79 Å². The van der Waals surface area contributed by atoms with Crippen LogP contribution in [0, 0.1) is 5.82 Å². The van der Waals surface area contributed by atoms with Gasteiger partial charge in [0.15, 0.2) is 0 Å². The smallest absolute Gasteiger partial charge is 0.258 e. The third kappa shape index (κ3) is 2.48. The van der Waals surface area contributed by atoms with Crippen molar-refractivity contribution in [1.82, 2.24) is 0 Å². The van der Waals surface area contributed by atoms with Gasteiger partial charge in [0.25, 0.3) is 5.91 Å². The van der Waals surface area contributed by atoms with Crippen molar-refractivity contribution in [2.75, 3.05) is 11.4 Å². The summed E-state index contributed by atoms with van der Waals surface area (Å²) in [5, 5.41) is 0. The standard InChI is InChI=1S/C21H16FNO/c22-16-9-6-10-17(13-16)23-14-20(15-7-2-1-3-8-15)18-11-4-5-12-19(18)21(23)24/h1-13,20H,14H2. The Bertz CT molecular complexity index is 891. The number of anilines is 1. The largest absolute Gasteiger partial charge is 0.307 e. The number of nitrogens with zero attached hydrogens (tertiary/aromatic N) is 1. The van der Waals surface area contributed by atoms with Gasteiger partial charge in [-0.2, -0.15) is 0 Å². The molecule has 24 heavy (non-hydrogen) atoms. The van der Waals surface area contributed by atoms with Crippen molar-refractivity contribution < 1.29 is 9.18 Å². The van der Waals surface area contributed by atoms with Crippen molar-refractivity contribution in [2.45, 2.75) is 5.92 Å². The monoisotopic (exact) mass is 317 g/mol. The molecule has 118 valence electrons. The van der Waals surface area contributed by atoms with Crippen LogP contribution in [0.1, 0.15) is 27.4 Å². The van der Waals surface area contributed by atoms with Crippen molar-refractivity contribution in [3.63, 3.8) is 0 Å². The molecule has 0 fully saturated rings. The topological polar surface area (TPSA) is 20.3 Å². The lowest BCUT2D eigenvalue weighted by Crippen LogP contribution is -2.40. The summed E-state index contributed by atoms with van der Waals surface area (Å²) in [5.74, 6) is -0.345. The van der Waals surface area contributed by atoms with Crippen LogP contribution >= 0.6 is 0 Å². The molecule has 1 atom stereocenters. The van der Waals surface area contributed by atoms with Crippen LogP contribution < -0.4 is 4.90 Å². The first kappa shape index (κ1) is 14.6. The molecular weight excluding hydrogens is 301 g/mol. The molecule has 3 aromatic carbocycles. The highest BCUT2D eigenvalue weighted by Crippen LogP contribution is 2.35. The molecule has 1 heterocycles. The van der Waals surface area contributed by atoms with Crippen molar-refractivity contribution in [1.29, 1.82) is 0 Å². The molecule has 1 amide bonds. The summed E-state index contributed by atoms with van der Waals surface area (Å²) in [7, 11) is 0. The molecule has 4 rings (SSSR count). The van der Waals surface area contributed by atoms with Crippen LogP contribution in [-0.2, 0) is 0 Å². The van der Waals surface area contributed by atoms with Crippen LogP contribution in [0.5, 0.6) is 0 Å². The minimum Gasteiger partial charge on any atom is -0.307 e. The Balaban J connectivity index is 1.84. The lowest BCUT2D eigenvalue weighted by atomic mass is 9.84. The minimum atomic E-state index is -0.338. The summed E-state index contributed by atoms with van der Waals surface area (Å²) in [6, 6.07) is 24.0. The Morgan fingerprint density at radius 2 is 1.62 bits per heavy atom. The van der Waals surface area contributed by atoms with Gasteiger partial charge >= 0.3 is 0 Å². The molecule has 2 nitrogen and oxygen atoms in total. The lowest BCUT2D eigenvalue weighted by molar-refractivity contribution is 0.0978. The second kappa shape index (κ2) is 5.93. The van der Waals surface area contributed by atoms with Gasteiger partial charge in [-0.1, -0.05) is 54.6 Å². The van der Waals surface area contributed by atoms with Crippen molar-refractivity contribution in [3.05, 3.63) is 101 Å². The maximum Gasteiger partial charge on any atom is 0.258 e. The van der Waals surface area contributed by atoms with Gasteiger partial charge in [-0.05, 0) is 35.4 Å². The number of benzene rings is 3. The third-order valence-corrected chi connectivity index (χ3v) is 4.50. The van der Waals surface area contributed by atoms with E-state index in [0.717, 1.165) is 11.1 Å². The van der Waals surface area contributed by atoms with E-state index in [1.54, 1.807) is 17.0 Å². The van der Waals surface area contributed by atoms with Crippen LogP contribution in [0.4, 0.5) is 10.1 Å². The van der Waals surface area contributed by atoms with E-state index in [2.05, 4.69) is 12.1 Å². The highest BCUT2D eigenvalue weighted by atomic mass is 19.1. The Labute approximate surface area is 140 Å². The SMILES string of the molecule is O=C1c2ccccc2C(c2ccccc2)CN1c1cccc(F)c1. The normalized spacial score (nSPS) is 16.8. The van der Waals surface area contributed by atoms with Crippen LogP contribution in [0.3, 0.4) is 0 Å². The first-order chi connectivity index (χ1) is 11.7. The predicted molar refractivity (Wildman–Crippen MR) is 92.8 cm³/mol. The maximum atomic E-state index is 13.6. The van der Waals surface area contributed by atoms with Crippen molar-refractivity contribution in [3.8, 4) is 0 Å². The maximum absolute atomic E-state index is 13.6. The summed E-state index contributed by atoms with van der Waals surface area (Å²) in [6.07, 6.45) is 0. The van der Waals surface area contributed by atoms with Crippen molar-refractivity contribution in [2.24, 2.45) is 0 Å². The van der Waals surface area contributed by atoms with Gasteiger partial charge in [-0.15, -0.1) is 0 Å². The molecule has 3 heteroatoms. The molecule has 3 aromatic rings. The number of fused-ring (bicyclic) bond motifs is 1. The van der Waals surface area contributed by atoms with E-state index in [-0.39, 0.29) is 17.6 Å². The zero-order valence-corrected chi connectivity index (χ0v) is 13.0. The zero-order chi connectivity index (χ0) is 16.5. The van der Waals surface area contributed by atoms with Gasteiger partial charge in [0.05, 0.1) is 0 Å². The molecule has 0 spiro atoms. The molecule has 0 aromatic heterocycles. The second-order valence-corrected chi connectivity index (χ2v) is 5.95.